The molecule has 0 saturated heterocycles. The van der Waals surface area contributed by atoms with Crippen molar-refractivity contribution in [1.29, 1.82) is 0 Å². The van der Waals surface area contributed by atoms with Crippen LogP contribution < -0.4 is 5.56 Å². The number of hydrogen-bond donors (Lipinski definition) is 0. The second kappa shape index (κ2) is 7.17. The molecule has 4 aromatic rings. The molecule has 0 unspecified atom stereocenters. The van der Waals surface area contributed by atoms with Gasteiger partial charge in [0.05, 0.1) is 10.9 Å². The van der Waals surface area contributed by atoms with Crippen LogP contribution in [0.4, 0.5) is 0 Å². The molecule has 0 bridgehead atoms. The third-order valence-electron chi connectivity index (χ3n) is 4.27. The third kappa shape index (κ3) is 3.39. The Morgan fingerprint density at radius 3 is 2.59 bits per heavy atom. The van der Waals surface area contributed by atoms with Crippen LogP contribution in [0.5, 0.6) is 0 Å². The van der Waals surface area contributed by atoms with Crippen molar-refractivity contribution in [2.75, 3.05) is 0 Å². The number of aromatic nitrogens is 3. The van der Waals surface area contributed by atoms with E-state index < -0.39 is 0 Å². The number of hydrogen-bond acceptors (Lipinski definition) is 3. The zero-order valence-electron chi connectivity index (χ0n) is 14.6. The average molecular weight is 374 g/mol. The van der Waals surface area contributed by atoms with E-state index in [0.29, 0.717) is 27.6 Å². The molecule has 0 spiro atoms. The van der Waals surface area contributed by atoms with E-state index in [0.717, 1.165) is 11.1 Å². The fraction of sp³-hybridized carbons (Fsp3) is 0.0455. The van der Waals surface area contributed by atoms with Gasteiger partial charge in [-0.05, 0) is 48.4 Å². The maximum absolute atomic E-state index is 13.3. The van der Waals surface area contributed by atoms with Crippen molar-refractivity contribution in [3.05, 3.63) is 99.2 Å². The van der Waals surface area contributed by atoms with Crippen molar-refractivity contribution in [1.82, 2.24) is 14.5 Å². The van der Waals surface area contributed by atoms with Crippen molar-refractivity contribution in [3.8, 4) is 5.82 Å². The second-order valence-electron chi connectivity index (χ2n) is 6.16. The molecule has 5 heteroatoms. The number of pyridine rings is 1. The highest BCUT2D eigenvalue weighted by Crippen LogP contribution is 2.19. The number of rotatable bonds is 3. The number of halogens is 1. The summed E-state index contributed by atoms with van der Waals surface area (Å²) in [6.07, 6.45) is 5.43. The summed E-state index contributed by atoms with van der Waals surface area (Å²) in [6.45, 7) is 1.92. The number of aryl methyl sites for hydroxylation is 1. The molecule has 0 radical (unpaired) electrons. The summed E-state index contributed by atoms with van der Waals surface area (Å²) in [5.74, 6) is 1.07. The van der Waals surface area contributed by atoms with Crippen LogP contribution in [0.2, 0.25) is 5.02 Å². The average Bonchev–Trinajstić information content (AvgIpc) is 2.69. The lowest BCUT2D eigenvalue weighted by molar-refractivity contribution is 0.894. The molecular formula is C22H16ClN3O. The molecule has 4 rings (SSSR count). The quantitative estimate of drug-likeness (QED) is 0.512. The molecule has 0 atom stereocenters. The van der Waals surface area contributed by atoms with Crippen molar-refractivity contribution < 1.29 is 0 Å². The molecule has 2 aromatic carbocycles. The van der Waals surface area contributed by atoms with Crippen molar-refractivity contribution in [2.24, 2.45) is 0 Å². The van der Waals surface area contributed by atoms with Gasteiger partial charge >= 0.3 is 0 Å². The normalized spacial score (nSPS) is 11.3. The Kier molecular flexibility index (Phi) is 4.57. The highest BCUT2D eigenvalue weighted by Gasteiger charge is 2.14. The molecule has 0 N–H and O–H groups in total. The summed E-state index contributed by atoms with van der Waals surface area (Å²) in [4.78, 5) is 22.4. The largest absolute Gasteiger partial charge is 0.268 e. The Bertz CT molecular complexity index is 1210. The Hall–Kier alpha value is -3.24. The van der Waals surface area contributed by atoms with Crippen LogP contribution >= 0.6 is 11.6 Å². The molecule has 132 valence electrons. The summed E-state index contributed by atoms with van der Waals surface area (Å²) in [5.41, 5.74) is 2.31. The highest BCUT2D eigenvalue weighted by molar-refractivity contribution is 6.31. The lowest BCUT2D eigenvalue weighted by Crippen LogP contribution is -2.24. The molecule has 0 fully saturated rings. The fourth-order valence-corrected chi connectivity index (χ4v) is 3.11. The summed E-state index contributed by atoms with van der Waals surface area (Å²) in [7, 11) is 0. The summed E-state index contributed by atoms with van der Waals surface area (Å²) >= 11 is 6.10. The van der Waals surface area contributed by atoms with Gasteiger partial charge in [0.1, 0.15) is 11.6 Å². The molecule has 0 aliphatic carbocycles. The molecule has 2 heterocycles. The zero-order valence-corrected chi connectivity index (χ0v) is 15.4. The van der Waals surface area contributed by atoms with Gasteiger partial charge < -0.3 is 0 Å². The van der Waals surface area contributed by atoms with Gasteiger partial charge in [-0.2, -0.15) is 0 Å². The van der Waals surface area contributed by atoms with Gasteiger partial charge in [0.2, 0.25) is 0 Å². The van der Waals surface area contributed by atoms with Gasteiger partial charge in [0.15, 0.2) is 0 Å². The van der Waals surface area contributed by atoms with E-state index in [1.807, 2.05) is 61.5 Å². The van der Waals surface area contributed by atoms with Crippen LogP contribution in [0, 0.1) is 6.92 Å². The van der Waals surface area contributed by atoms with Crippen LogP contribution in [0.25, 0.3) is 28.9 Å². The minimum Gasteiger partial charge on any atom is -0.268 e. The Labute approximate surface area is 161 Å². The van der Waals surface area contributed by atoms with Gasteiger partial charge in [0.25, 0.3) is 5.56 Å². The number of nitrogens with zero attached hydrogens (tertiary/aromatic N) is 3. The first-order valence-electron chi connectivity index (χ1n) is 8.51. The molecule has 0 aliphatic heterocycles. The maximum atomic E-state index is 13.3. The first-order valence-corrected chi connectivity index (χ1v) is 8.89. The smallest absolute Gasteiger partial charge is 0.267 e. The van der Waals surface area contributed by atoms with E-state index in [2.05, 4.69) is 9.97 Å². The molecular weight excluding hydrogens is 358 g/mol. The minimum absolute atomic E-state index is 0.197. The Balaban J connectivity index is 2.00. The molecule has 27 heavy (non-hydrogen) atoms. The highest BCUT2D eigenvalue weighted by atomic mass is 35.5. The second-order valence-corrected chi connectivity index (χ2v) is 6.60. The van der Waals surface area contributed by atoms with Crippen molar-refractivity contribution in [2.45, 2.75) is 6.92 Å². The standard InChI is InChI=1S/C22H16ClN3O/c1-15-6-5-13-24-21(15)26-20(12-9-16-7-3-2-4-8-16)25-19-11-10-17(23)14-18(19)22(26)27/h2-14H,1H3/b12-9+. The van der Waals surface area contributed by atoms with Crippen LogP contribution in [0.3, 0.4) is 0 Å². The van der Waals surface area contributed by atoms with Crippen LogP contribution in [0.1, 0.15) is 17.0 Å². The Morgan fingerprint density at radius 1 is 1.00 bits per heavy atom. The van der Waals surface area contributed by atoms with E-state index in [4.69, 9.17) is 11.6 Å². The van der Waals surface area contributed by atoms with Gasteiger partial charge in [-0.3, -0.25) is 4.79 Å². The molecule has 0 aliphatic rings. The molecule has 0 amide bonds. The predicted octanol–water partition coefficient (Wildman–Crippen LogP) is 4.91. The fourth-order valence-electron chi connectivity index (χ4n) is 2.94. The van der Waals surface area contributed by atoms with Crippen LogP contribution in [-0.4, -0.2) is 14.5 Å². The molecule has 4 nitrogen and oxygen atoms in total. The van der Waals surface area contributed by atoms with Gasteiger partial charge in [-0.1, -0.05) is 54.1 Å². The monoisotopic (exact) mass is 373 g/mol. The van der Waals surface area contributed by atoms with Gasteiger partial charge in [-0.15, -0.1) is 0 Å². The zero-order chi connectivity index (χ0) is 18.8. The van der Waals surface area contributed by atoms with E-state index in [1.54, 1.807) is 24.4 Å². The molecule has 0 saturated carbocycles. The van der Waals surface area contributed by atoms with Crippen molar-refractivity contribution >= 4 is 34.7 Å². The third-order valence-corrected chi connectivity index (χ3v) is 4.51. The summed E-state index contributed by atoms with van der Waals surface area (Å²) in [5, 5.41) is 0.961. The SMILES string of the molecule is Cc1cccnc1-n1c(/C=C/c2ccccc2)nc2ccc(Cl)cc2c1=O. The van der Waals surface area contributed by atoms with E-state index >= 15 is 0 Å². The predicted molar refractivity (Wildman–Crippen MR) is 110 cm³/mol. The minimum atomic E-state index is -0.197. The van der Waals surface area contributed by atoms with Gasteiger partial charge in [0, 0.05) is 11.2 Å². The maximum Gasteiger partial charge on any atom is 0.267 e. The molecule has 2 aromatic heterocycles. The van der Waals surface area contributed by atoms with E-state index in [9.17, 15) is 4.79 Å². The van der Waals surface area contributed by atoms with E-state index in [1.165, 1.54) is 4.57 Å². The topological polar surface area (TPSA) is 47.8 Å². The van der Waals surface area contributed by atoms with Crippen LogP contribution in [-0.2, 0) is 0 Å². The van der Waals surface area contributed by atoms with E-state index in [-0.39, 0.29) is 5.56 Å². The van der Waals surface area contributed by atoms with Crippen molar-refractivity contribution in [3.63, 3.8) is 0 Å². The summed E-state index contributed by atoms with van der Waals surface area (Å²) in [6, 6.07) is 18.8. The first-order chi connectivity index (χ1) is 13.1. The first kappa shape index (κ1) is 17.2. The summed E-state index contributed by atoms with van der Waals surface area (Å²) < 4.78 is 1.54. The van der Waals surface area contributed by atoms with Crippen LogP contribution in [0.15, 0.2) is 71.7 Å². The lowest BCUT2D eigenvalue weighted by atomic mass is 10.2. The number of fused-ring (bicyclic) bond motifs is 1. The number of benzene rings is 2. The lowest BCUT2D eigenvalue weighted by Gasteiger charge is -2.12. The van der Waals surface area contributed by atoms with Gasteiger partial charge in [-0.25, -0.2) is 14.5 Å². The Morgan fingerprint density at radius 2 is 1.81 bits per heavy atom.